The van der Waals surface area contributed by atoms with E-state index in [9.17, 15) is 14.3 Å². The molecule has 0 aromatic heterocycles. The number of nitrogens with zero attached hydrogens (tertiary/aromatic N) is 1. The van der Waals surface area contributed by atoms with Crippen molar-refractivity contribution < 1.29 is 9.13 Å². The zero-order chi connectivity index (χ0) is 15.4. The van der Waals surface area contributed by atoms with Crippen LogP contribution in [-0.4, -0.2) is 14.4 Å². The van der Waals surface area contributed by atoms with E-state index < -0.39 is 27.0 Å². The Morgan fingerprint density at radius 3 is 2.29 bits per heavy atom. The number of nitro groups is 1. The molecule has 110 valence electrons. The highest BCUT2D eigenvalue weighted by molar-refractivity contribution is 7.85. The molecular formula is C15H16N2O3S. The third-order valence-corrected chi connectivity index (χ3v) is 5.05. The first-order valence-corrected chi connectivity index (χ1v) is 7.68. The number of benzene rings is 2. The molecule has 2 N–H and O–H groups in total. The Morgan fingerprint density at radius 2 is 1.67 bits per heavy atom. The molecule has 0 amide bonds. The topological polar surface area (TPSA) is 86.2 Å². The fourth-order valence-corrected chi connectivity index (χ4v) is 3.44. The van der Waals surface area contributed by atoms with Gasteiger partial charge in [0.25, 0.3) is 5.69 Å². The Bertz CT molecular complexity index is 661. The van der Waals surface area contributed by atoms with Crippen molar-refractivity contribution in [1.82, 2.24) is 0 Å². The van der Waals surface area contributed by atoms with Gasteiger partial charge in [-0.05, 0) is 18.6 Å². The predicted molar refractivity (Wildman–Crippen MR) is 82.3 cm³/mol. The van der Waals surface area contributed by atoms with Crippen LogP contribution in [0.5, 0.6) is 0 Å². The van der Waals surface area contributed by atoms with Gasteiger partial charge in [-0.1, -0.05) is 42.5 Å². The normalized spacial score (nSPS) is 15.1. The summed E-state index contributed by atoms with van der Waals surface area (Å²) < 4.78 is 12.6. The van der Waals surface area contributed by atoms with Gasteiger partial charge in [-0.3, -0.25) is 14.3 Å². The van der Waals surface area contributed by atoms with E-state index in [2.05, 4.69) is 0 Å². The summed E-state index contributed by atoms with van der Waals surface area (Å²) in [5, 5.41) is 10.6. The largest absolute Gasteiger partial charge is 0.323 e. The number of rotatable bonds is 5. The fourth-order valence-electron chi connectivity index (χ4n) is 2.06. The van der Waals surface area contributed by atoms with Gasteiger partial charge in [0, 0.05) is 12.1 Å². The first-order chi connectivity index (χ1) is 10.0. The molecule has 6 heteroatoms. The second-order valence-electron chi connectivity index (χ2n) is 4.66. The third-order valence-electron chi connectivity index (χ3n) is 3.31. The summed E-state index contributed by atoms with van der Waals surface area (Å²) >= 11 is 0. The summed E-state index contributed by atoms with van der Waals surface area (Å²) in [5.74, 6) is 0. The highest BCUT2D eigenvalue weighted by Gasteiger charge is 2.27. The lowest BCUT2D eigenvalue weighted by Gasteiger charge is -2.19. The van der Waals surface area contributed by atoms with E-state index in [4.69, 9.17) is 5.73 Å². The maximum atomic E-state index is 12.6. The van der Waals surface area contributed by atoms with Crippen molar-refractivity contribution in [1.29, 1.82) is 0 Å². The lowest BCUT2D eigenvalue weighted by molar-refractivity contribution is -0.387. The highest BCUT2D eigenvalue weighted by atomic mass is 32.2. The second kappa shape index (κ2) is 6.60. The van der Waals surface area contributed by atoms with Gasteiger partial charge in [-0.15, -0.1) is 0 Å². The van der Waals surface area contributed by atoms with Gasteiger partial charge in [0.1, 0.15) is 4.90 Å². The summed E-state index contributed by atoms with van der Waals surface area (Å²) in [6.07, 6.45) is 0. The second-order valence-corrected chi connectivity index (χ2v) is 6.44. The Hall–Kier alpha value is -2.05. The minimum Gasteiger partial charge on any atom is -0.323 e. The molecule has 0 fully saturated rings. The Balaban J connectivity index is 2.30. The van der Waals surface area contributed by atoms with Crippen molar-refractivity contribution >= 4 is 16.5 Å². The van der Waals surface area contributed by atoms with Crippen LogP contribution in [0.25, 0.3) is 0 Å². The van der Waals surface area contributed by atoms with E-state index in [1.54, 1.807) is 19.1 Å². The highest BCUT2D eigenvalue weighted by Crippen LogP contribution is 2.27. The molecule has 0 heterocycles. The first-order valence-electron chi connectivity index (χ1n) is 6.47. The van der Waals surface area contributed by atoms with E-state index in [1.807, 2.05) is 30.3 Å². The Kier molecular flexibility index (Phi) is 4.82. The van der Waals surface area contributed by atoms with Crippen LogP contribution in [0.1, 0.15) is 18.5 Å². The zero-order valence-electron chi connectivity index (χ0n) is 11.5. The summed E-state index contributed by atoms with van der Waals surface area (Å²) in [5.41, 5.74) is 6.86. The van der Waals surface area contributed by atoms with Crippen LogP contribution in [0.3, 0.4) is 0 Å². The van der Waals surface area contributed by atoms with Crippen molar-refractivity contribution in [2.45, 2.75) is 23.1 Å². The molecule has 0 aliphatic heterocycles. The van der Waals surface area contributed by atoms with Crippen LogP contribution < -0.4 is 5.73 Å². The lowest BCUT2D eigenvalue weighted by Crippen LogP contribution is -2.28. The summed E-state index contributed by atoms with van der Waals surface area (Å²) in [6, 6.07) is 14.9. The zero-order valence-corrected chi connectivity index (χ0v) is 12.3. The smallest absolute Gasteiger partial charge is 0.285 e. The molecule has 0 aliphatic carbocycles. The van der Waals surface area contributed by atoms with Gasteiger partial charge >= 0.3 is 0 Å². The van der Waals surface area contributed by atoms with Crippen LogP contribution in [0, 0.1) is 10.1 Å². The van der Waals surface area contributed by atoms with Crippen molar-refractivity contribution in [3.63, 3.8) is 0 Å². The molecule has 2 aromatic rings. The molecule has 0 spiro atoms. The third kappa shape index (κ3) is 3.34. The van der Waals surface area contributed by atoms with E-state index in [1.165, 1.54) is 12.1 Å². The molecule has 2 rings (SSSR count). The predicted octanol–water partition coefficient (Wildman–Crippen LogP) is 2.79. The number of nitro benzene ring substituents is 1. The van der Waals surface area contributed by atoms with Crippen LogP contribution in [-0.2, 0) is 10.8 Å². The van der Waals surface area contributed by atoms with Crippen LogP contribution in [0.4, 0.5) is 5.69 Å². The Labute approximate surface area is 125 Å². The van der Waals surface area contributed by atoms with E-state index in [0.717, 1.165) is 5.56 Å². The number of para-hydroxylation sites is 1. The van der Waals surface area contributed by atoms with Crippen LogP contribution >= 0.6 is 0 Å². The van der Waals surface area contributed by atoms with Crippen molar-refractivity contribution in [2.24, 2.45) is 5.73 Å². The molecule has 0 aliphatic rings. The Morgan fingerprint density at radius 1 is 1.10 bits per heavy atom. The molecule has 2 aromatic carbocycles. The number of hydrogen-bond acceptors (Lipinski definition) is 4. The van der Waals surface area contributed by atoms with Gasteiger partial charge in [-0.2, -0.15) is 0 Å². The van der Waals surface area contributed by atoms with E-state index in [0.29, 0.717) is 0 Å². The molecule has 5 nitrogen and oxygen atoms in total. The van der Waals surface area contributed by atoms with Crippen molar-refractivity contribution in [3.05, 3.63) is 70.3 Å². The van der Waals surface area contributed by atoms with Crippen LogP contribution in [0.15, 0.2) is 59.5 Å². The van der Waals surface area contributed by atoms with Crippen molar-refractivity contribution in [2.75, 3.05) is 0 Å². The van der Waals surface area contributed by atoms with Gasteiger partial charge in [0.05, 0.1) is 21.0 Å². The van der Waals surface area contributed by atoms with E-state index >= 15 is 0 Å². The van der Waals surface area contributed by atoms with Gasteiger partial charge in [0.15, 0.2) is 0 Å². The summed E-state index contributed by atoms with van der Waals surface area (Å²) in [4.78, 5) is 10.7. The quantitative estimate of drug-likeness (QED) is 0.679. The average Bonchev–Trinajstić information content (AvgIpc) is 2.53. The molecule has 3 atom stereocenters. The van der Waals surface area contributed by atoms with Gasteiger partial charge in [-0.25, -0.2) is 0 Å². The number of nitrogens with two attached hydrogens (primary N) is 1. The van der Waals surface area contributed by atoms with Gasteiger partial charge in [0.2, 0.25) is 0 Å². The first kappa shape index (κ1) is 15.3. The summed E-state index contributed by atoms with van der Waals surface area (Å²) in [6.45, 7) is 1.74. The molecule has 0 bridgehead atoms. The average molecular weight is 304 g/mol. The summed E-state index contributed by atoms with van der Waals surface area (Å²) in [7, 11) is -1.56. The van der Waals surface area contributed by atoms with Gasteiger partial charge < -0.3 is 5.73 Å². The van der Waals surface area contributed by atoms with Crippen molar-refractivity contribution in [3.8, 4) is 0 Å². The van der Waals surface area contributed by atoms with E-state index in [-0.39, 0.29) is 10.6 Å². The standard InChI is InChI=1S/C15H16N2O3S/c1-11(15(16)12-7-3-2-4-8-12)21(20)14-10-6-5-9-13(14)17(18)19/h2-11,15H,16H2,1H3. The SMILES string of the molecule is CC(C(N)c1ccccc1)S(=O)c1ccccc1[N+](=O)[O-]. The molecule has 0 saturated carbocycles. The fraction of sp³-hybridized carbons (Fsp3) is 0.200. The maximum absolute atomic E-state index is 12.6. The molecule has 0 radical (unpaired) electrons. The molecular weight excluding hydrogens is 288 g/mol. The minimum atomic E-state index is -1.56. The molecule has 0 saturated heterocycles. The molecule has 21 heavy (non-hydrogen) atoms. The molecule has 3 unspecified atom stereocenters. The lowest BCUT2D eigenvalue weighted by atomic mass is 10.1. The van der Waals surface area contributed by atoms with Crippen LogP contribution in [0.2, 0.25) is 0 Å². The maximum Gasteiger partial charge on any atom is 0.285 e. The minimum absolute atomic E-state index is 0.136. The monoisotopic (exact) mass is 304 g/mol. The number of hydrogen-bond donors (Lipinski definition) is 1.